The second-order valence-corrected chi connectivity index (χ2v) is 9.62. The van der Waals surface area contributed by atoms with E-state index in [0.29, 0.717) is 36.7 Å². The monoisotopic (exact) mass is 472 g/mol. The highest BCUT2D eigenvalue weighted by Gasteiger charge is 2.21. The van der Waals surface area contributed by atoms with Crippen LogP contribution < -0.4 is 16.2 Å². The van der Waals surface area contributed by atoms with Gasteiger partial charge in [0.2, 0.25) is 5.91 Å². The van der Waals surface area contributed by atoms with Gasteiger partial charge in [0.1, 0.15) is 16.4 Å². The molecule has 1 aliphatic rings. The van der Waals surface area contributed by atoms with E-state index in [2.05, 4.69) is 20.6 Å². The number of amides is 2. The number of phenols is 1. The Kier molecular flexibility index (Phi) is 7.11. The molecule has 0 saturated heterocycles. The second-order valence-electron chi connectivity index (χ2n) is 7.55. The number of thioether (sulfide) groups is 1. The lowest BCUT2D eigenvalue weighted by molar-refractivity contribution is -0.118. The van der Waals surface area contributed by atoms with Crippen LogP contribution in [0.4, 0.5) is 0 Å². The molecule has 1 aromatic carbocycles. The molecule has 3 aromatic rings. The maximum absolute atomic E-state index is 12.5. The Morgan fingerprint density at radius 1 is 1.22 bits per heavy atom. The number of rotatable bonds is 9. The van der Waals surface area contributed by atoms with E-state index in [1.54, 1.807) is 23.5 Å². The third-order valence-corrected chi connectivity index (χ3v) is 7.30. The van der Waals surface area contributed by atoms with Crippen molar-refractivity contribution in [3.05, 3.63) is 56.4 Å². The van der Waals surface area contributed by atoms with E-state index in [0.717, 1.165) is 35.0 Å². The molecule has 2 heterocycles. The molecule has 32 heavy (non-hydrogen) atoms. The van der Waals surface area contributed by atoms with E-state index in [1.807, 2.05) is 0 Å². The number of hydrogen-bond acceptors (Lipinski definition) is 7. The molecule has 1 aliphatic carbocycles. The van der Waals surface area contributed by atoms with Crippen LogP contribution in [0.5, 0.6) is 5.75 Å². The van der Waals surface area contributed by atoms with Gasteiger partial charge in [0.25, 0.3) is 11.5 Å². The summed E-state index contributed by atoms with van der Waals surface area (Å²) in [7, 11) is 0. The van der Waals surface area contributed by atoms with Gasteiger partial charge >= 0.3 is 0 Å². The van der Waals surface area contributed by atoms with Gasteiger partial charge in [-0.3, -0.25) is 14.4 Å². The average molecular weight is 473 g/mol. The van der Waals surface area contributed by atoms with Crippen molar-refractivity contribution < 1.29 is 14.7 Å². The fraction of sp³-hybridized carbons (Fsp3) is 0.364. The van der Waals surface area contributed by atoms with Crippen molar-refractivity contribution in [1.29, 1.82) is 0 Å². The summed E-state index contributed by atoms with van der Waals surface area (Å²) < 4.78 is 0. The highest BCUT2D eigenvalue weighted by molar-refractivity contribution is 7.99. The number of fused-ring (bicyclic) bond motifs is 3. The number of phenolic OH excluding ortho intramolecular Hbond substituents is 1. The lowest BCUT2D eigenvalue weighted by Gasteiger charge is -2.07. The average Bonchev–Trinajstić information content (AvgIpc) is 3.34. The molecule has 4 N–H and O–H groups in total. The maximum atomic E-state index is 12.5. The number of aromatic amines is 1. The molecular weight excluding hydrogens is 448 g/mol. The molecule has 2 amide bonds. The first-order valence-corrected chi connectivity index (χ1v) is 12.4. The van der Waals surface area contributed by atoms with Crippen molar-refractivity contribution in [3.63, 3.8) is 0 Å². The number of hydrogen-bond donors (Lipinski definition) is 4. The van der Waals surface area contributed by atoms with E-state index in [-0.39, 0.29) is 28.9 Å². The Labute approximate surface area is 192 Å². The standard InChI is InChI=1S/C22H24N4O4S2/c27-14-5-1-4-13(10-14)20(29)24-9-3-8-23-18(28)12-31-11-17-25-21(30)19-15-6-2-7-16(15)32-22(19)26-17/h1,4-5,10,27H,2-3,6-9,11-12H2,(H,23,28)(H,24,29)(H,25,26,30). The minimum atomic E-state index is -0.266. The molecule has 0 bridgehead atoms. The van der Waals surface area contributed by atoms with E-state index >= 15 is 0 Å². The van der Waals surface area contributed by atoms with Gasteiger partial charge in [-0.05, 0) is 49.4 Å². The topological polar surface area (TPSA) is 124 Å². The predicted octanol–water partition coefficient (Wildman–Crippen LogP) is 2.35. The summed E-state index contributed by atoms with van der Waals surface area (Å²) in [6.07, 6.45) is 3.68. The number of aromatic nitrogens is 2. The Bertz CT molecular complexity index is 1200. The summed E-state index contributed by atoms with van der Waals surface area (Å²) in [6, 6.07) is 6.14. The number of aromatic hydroxyl groups is 1. The quantitative estimate of drug-likeness (QED) is 0.355. The van der Waals surface area contributed by atoms with Gasteiger partial charge in [-0.15, -0.1) is 23.1 Å². The smallest absolute Gasteiger partial charge is 0.259 e. The van der Waals surface area contributed by atoms with E-state index in [1.165, 1.54) is 28.8 Å². The number of aryl methyl sites for hydroxylation is 2. The first-order chi connectivity index (χ1) is 15.5. The normalized spacial score (nSPS) is 12.6. The van der Waals surface area contributed by atoms with Crippen LogP contribution in [0.15, 0.2) is 29.1 Å². The van der Waals surface area contributed by atoms with Crippen LogP contribution in [-0.2, 0) is 23.4 Å². The molecule has 0 aliphatic heterocycles. The Hall–Kier alpha value is -2.85. The van der Waals surface area contributed by atoms with Crippen LogP contribution >= 0.6 is 23.1 Å². The van der Waals surface area contributed by atoms with Crippen LogP contribution in [0.2, 0.25) is 0 Å². The van der Waals surface area contributed by atoms with Crippen molar-refractivity contribution in [2.45, 2.75) is 31.4 Å². The number of carbonyl (C=O) groups excluding carboxylic acids is 2. The minimum Gasteiger partial charge on any atom is -0.508 e. The van der Waals surface area contributed by atoms with Crippen molar-refractivity contribution in [1.82, 2.24) is 20.6 Å². The zero-order chi connectivity index (χ0) is 22.5. The van der Waals surface area contributed by atoms with Crippen molar-refractivity contribution in [2.24, 2.45) is 0 Å². The molecule has 0 atom stereocenters. The molecular formula is C22H24N4O4S2. The molecule has 0 fully saturated rings. The van der Waals surface area contributed by atoms with Crippen LogP contribution in [0.3, 0.4) is 0 Å². The van der Waals surface area contributed by atoms with E-state index in [4.69, 9.17) is 0 Å². The Morgan fingerprint density at radius 3 is 2.91 bits per heavy atom. The Morgan fingerprint density at radius 2 is 2.06 bits per heavy atom. The minimum absolute atomic E-state index is 0.0423. The molecule has 0 spiro atoms. The number of H-pyrrole nitrogens is 1. The predicted molar refractivity (Wildman–Crippen MR) is 126 cm³/mol. The van der Waals surface area contributed by atoms with Crippen LogP contribution in [0.25, 0.3) is 10.2 Å². The van der Waals surface area contributed by atoms with Crippen LogP contribution in [0.1, 0.15) is 39.5 Å². The molecule has 0 saturated carbocycles. The van der Waals surface area contributed by atoms with Gasteiger partial charge in [-0.25, -0.2) is 4.98 Å². The molecule has 8 nitrogen and oxygen atoms in total. The number of thiophene rings is 1. The lowest BCUT2D eigenvalue weighted by Crippen LogP contribution is -2.30. The fourth-order valence-corrected chi connectivity index (χ4v) is 5.67. The maximum Gasteiger partial charge on any atom is 0.259 e. The largest absolute Gasteiger partial charge is 0.508 e. The molecule has 4 rings (SSSR count). The highest BCUT2D eigenvalue weighted by Crippen LogP contribution is 2.34. The Balaban J connectivity index is 1.15. The number of benzene rings is 1. The first kappa shape index (κ1) is 22.3. The van der Waals surface area contributed by atoms with Crippen LogP contribution in [0, 0.1) is 0 Å². The van der Waals surface area contributed by atoms with E-state index < -0.39 is 0 Å². The highest BCUT2D eigenvalue weighted by atomic mass is 32.2. The fourth-order valence-electron chi connectivity index (χ4n) is 3.67. The zero-order valence-corrected chi connectivity index (χ0v) is 19.0. The third-order valence-electron chi connectivity index (χ3n) is 5.17. The molecule has 0 radical (unpaired) electrons. The van der Waals surface area contributed by atoms with E-state index in [9.17, 15) is 19.5 Å². The summed E-state index contributed by atoms with van der Waals surface area (Å²) >= 11 is 3.01. The number of nitrogens with zero attached hydrogens (tertiary/aromatic N) is 1. The van der Waals surface area contributed by atoms with Crippen LogP contribution in [-0.4, -0.2) is 45.7 Å². The summed E-state index contributed by atoms with van der Waals surface area (Å²) in [5, 5.41) is 15.7. The molecule has 168 valence electrons. The number of nitrogens with one attached hydrogen (secondary N) is 3. The molecule has 0 unspecified atom stereocenters. The van der Waals surface area contributed by atoms with Gasteiger partial charge in [0.15, 0.2) is 0 Å². The lowest BCUT2D eigenvalue weighted by atomic mass is 10.2. The second kappa shape index (κ2) is 10.2. The summed E-state index contributed by atoms with van der Waals surface area (Å²) in [5.74, 6) is 0.986. The van der Waals surface area contributed by atoms with Gasteiger partial charge < -0.3 is 20.7 Å². The SMILES string of the molecule is O=C(CSCc1nc2sc3c(c2c(=O)[nH]1)CCC3)NCCCNC(=O)c1cccc(O)c1. The van der Waals surface area contributed by atoms with Gasteiger partial charge in [0, 0.05) is 23.5 Å². The van der Waals surface area contributed by atoms with Gasteiger partial charge in [-0.2, -0.15) is 0 Å². The zero-order valence-electron chi connectivity index (χ0n) is 17.4. The van der Waals surface area contributed by atoms with Gasteiger partial charge in [-0.1, -0.05) is 6.07 Å². The van der Waals surface area contributed by atoms with Gasteiger partial charge in [0.05, 0.1) is 16.9 Å². The third kappa shape index (κ3) is 5.31. The molecule has 10 heteroatoms. The molecule has 2 aromatic heterocycles. The summed E-state index contributed by atoms with van der Waals surface area (Å²) in [6.45, 7) is 0.860. The van der Waals surface area contributed by atoms with Crippen molar-refractivity contribution >= 4 is 45.1 Å². The van der Waals surface area contributed by atoms with Crippen molar-refractivity contribution in [3.8, 4) is 5.75 Å². The van der Waals surface area contributed by atoms with Crippen molar-refractivity contribution in [2.75, 3.05) is 18.8 Å². The summed E-state index contributed by atoms with van der Waals surface area (Å²) in [4.78, 5) is 46.0. The summed E-state index contributed by atoms with van der Waals surface area (Å²) in [5.41, 5.74) is 1.47. The number of carbonyl (C=O) groups is 2. The first-order valence-electron chi connectivity index (χ1n) is 10.5.